The standard InChI is InChI=1S/C11H18N4O3S/c1-8-12-7-10(13-8)19(17,18)15-6-4-5-9(15)11(16)14(2)3/h7,9H,4-6H2,1-3H3,(H,12,13). The number of likely N-dealkylation sites (N-methyl/N-ethyl adjacent to an activating group) is 1. The van der Waals surface area contributed by atoms with Crippen LogP contribution in [0.4, 0.5) is 0 Å². The number of aryl methyl sites for hydroxylation is 1. The lowest BCUT2D eigenvalue weighted by Gasteiger charge is -2.24. The summed E-state index contributed by atoms with van der Waals surface area (Å²) in [5.41, 5.74) is 0. The molecule has 0 bridgehead atoms. The highest BCUT2D eigenvalue weighted by atomic mass is 32.2. The predicted molar refractivity (Wildman–Crippen MR) is 68.9 cm³/mol. The second-order valence-corrected chi connectivity index (χ2v) is 6.70. The van der Waals surface area contributed by atoms with Crippen molar-refractivity contribution in [1.82, 2.24) is 19.2 Å². The normalized spacial score (nSPS) is 20.7. The molecule has 1 aromatic rings. The van der Waals surface area contributed by atoms with E-state index in [0.29, 0.717) is 25.2 Å². The highest BCUT2D eigenvalue weighted by Gasteiger charge is 2.40. The molecule has 19 heavy (non-hydrogen) atoms. The van der Waals surface area contributed by atoms with E-state index in [1.807, 2.05) is 0 Å². The number of carbonyl (C=O) groups excluding carboxylic acids is 1. The molecule has 2 rings (SSSR count). The highest BCUT2D eigenvalue weighted by molar-refractivity contribution is 7.89. The fraction of sp³-hybridized carbons (Fsp3) is 0.636. The van der Waals surface area contributed by atoms with Crippen LogP contribution >= 0.6 is 0 Å². The van der Waals surface area contributed by atoms with Crippen LogP contribution in [0.2, 0.25) is 0 Å². The molecular formula is C11H18N4O3S. The molecule has 0 radical (unpaired) electrons. The summed E-state index contributed by atoms with van der Waals surface area (Å²) in [7, 11) is -0.416. The van der Waals surface area contributed by atoms with Crippen LogP contribution in [0.3, 0.4) is 0 Å². The molecule has 0 spiro atoms. The molecule has 1 aliphatic rings. The SMILES string of the molecule is Cc1ncc(S(=O)(=O)N2CCCC2C(=O)N(C)C)[nH]1. The first-order chi connectivity index (χ1) is 8.84. The minimum Gasteiger partial charge on any atom is -0.347 e. The van der Waals surface area contributed by atoms with Crippen molar-refractivity contribution in [2.24, 2.45) is 0 Å². The van der Waals surface area contributed by atoms with E-state index in [2.05, 4.69) is 9.97 Å². The lowest BCUT2D eigenvalue weighted by Crippen LogP contribution is -2.45. The van der Waals surface area contributed by atoms with Gasteiger partial charge in [-0.1, -0.05) is 0 Å². The molecule has 1 unspecified atom stereocenters. The Hall–Kier alpha value is -1.41. The number of sulfonamides is 1. The third-order valence-electron chi connectivity index (χ3n) is 3.20. The van der Waals surface area contributed by atoms with Crippen LogP contribution in [0.25, 0.3) is 0 Å². The van der Waals surface area contributed by atoms with Gasteiger partial charge in [0.1, 0.15) is 11.9 Å². The maximum absolute atomic E-state index is 12.5. The Labute approximate surface area is 112 Å². The summed E-state index contributed by atoms with van der Waals surface area (Å²) in [6.07, 6.45) is 2.54. The molecule has 0 aliphatic carbocycles. The van der Waals surface area contributed by atoms with Gasteiger partial charge in [-0.3, -0.25) is 4.79 Å². The summed E-state index contributed by atoms with van der Waals surface area (Å²) in [6, 6.07) is -0.608. The van der Waals surface area contributed by atoms with Gasteiger partial charge in [-0.2, -0.15) is 4.31 Å². The number of hydrogen-bond acceptors (Lipinski definition) is 4. The second kappa shape index (κ2) is 4.93. The quantitative estimate of drug-likeness (QED) is 0.844. The smallest absolute Gasteiger partial charge is 0.260 e. The zero-order valence-electron chi connectivity index (χ0n) is 11.3. The van der Waals surface area contributed by atoms with E-state index < -0.39 is 16.1 Å². The summed E-state index contributed by atoms with van der Waals surface area (Å²) >= 11 is 0. The lowest BCUT2D eigenvalue weighted by molar-refractivity contribution is -0.132. The molecule has 0 saturated carbocycles. The van der Waals surface area contributed by atoms with Crippen LogP contribution in [0.1, 0.15) is 18.7 Å². The van der Waals surface area contributed by atoms with E-state index in [0.717, 1.165) is 0 Å². The van der Waals surface area contributed by atoms with Gasteiger partial charge in [0.25, 0.3) is 10.0 Å². The van der Waals surface area contributed by atoms with E-state index in [4.69, 9.17) is 0 Å². The first kappa shape index (κ1) is 14.0. The van der Waals surface area contributed by atoms with Crippen LogP contribution in [-0.4, -0.2) is 60.2 Å². The first-order valence-corrected chi connectivity index (χ1v) is 7.52. The summed E-state index contributed by atoms with van der Waals surface area (Å²) < 4.78 is 26.2. The van der Waals surface area contributed by atoms with E-state index in [9.17, 15) is 13.2 Å². The Kier molecular flexibility index (Phi) is 3.64. The van der Waals surface area contributed by atoms with Crippen molar-refractivity contribution < 1.29 is 13.2 Å². The van der Waals surface area contributed by atoms with Crippen molar-refractivity contribution in [3.63, 3.8) is 0 Å². The molecule has 1 aliphatic heterocycles. The van der Waals surface area contributed by atoms with Crippen molar-refractivity contribution in [2.75, 3.05) is 20.6 Å². The first-order valence-electron chi connectivity index (χ1n) is 6.08. The van der Waals surface area contributed by atoms with Gasteiger partial charge in [0.05, 0.1) is 6.20 Å². The van der Waals surface area contributed by atoms with Gasteiger partial charge < -0.3 is 9.88 Å². The maximum Gasteiger partial charge on any atom is 0.260 e. The number of nitrogens with one attached hydrogen (secondary N) is 1. The van der Waals surface area contributed by atoms with Crippen molar-refractivity contribution in [2.45, 2.75) is 30.8 Å². The molecule has 0 aromatic carbocycles. The summed E-state index contributed by atoms with van der Waals surface area (Å²) in [5, 5.41) is 0.0449. The number of aromatic nitrogens is 2. The van der Waals surface area contributed by atoms with E-state index in [1.165, 1.54) is 15.4 Å². The van der Waals surface area contributed by atoms with E-state index >= 15 is 0 Å². The number of nitrogens with zero attached hydrogens (tertiary/aromatic N) is 3. The van der Waals surface area contributed by atoms with Crippen LogP contribution in [0.15, 0.2) is 11.2 Å². The molecule has 1 aromatic heterocycles. The molecule has 106 valence electrons. The zero-order chi connectivity index (χ0) is 14.2. The molecule has 1 saturated heterocycles. The fourth-order valence-corrected chi connectivity index (χ4v) is 3.84. The second-order valence-electron chi connectivity index (χ2n) is 4.84. The highest BCUT2D eigenvalue weighted by Crippen LogP contribution is 2.26. The molecule has 1 fully saturated rings. The molecule has 2 heterocycles. The number of amides is 1. The molecule has 7 nitrogen and oxygen atoms in total. The molecular weight excluding hydrogens is 268 g/mol. The molecule has 1 N–H and O–H groups in total. The number of hydrogen-bond donors (Lipinski definition) is 1. The number of aromatic amines is 1. The van der Waals surface area contributed by atoms with Crippen LogP contribution in [0.5, 0.6) is 0 Å². The topological polar surface area (TPSA) is 86.4 Å². The third-order valence-corrected chi connectivity index (χ3v) is 5.01. The van der Waals surface area contributed by atoms with E-state index in [1.54, 1.807) is 21.0 Å². The van der Waals surface area contributed by atoms with Crippen LogP contribution in [0, 0.1) is 6.92 Å². The van der Waals surface area contributed by atoms with Crippen LogP contribution in [-0.2, 0) is 14.8 Å². The Bertz CT molecular complexity index is 579. The van der Waals surface area contributed by atoms with Gasteiger partial charge in [-0.15, -0.1) is 0 Å². The maximum atomic E-state index is 12.5. The minimum atomic E-state index is -3.68. The van der Waals surface area contributed by atoms with Gasteiger partial charge >= 0.3 is 0 Å². The summed E-state index contributed by atoms with van der Waals surface area (Å²) in [5.74, 6) is 0.352. The van der Waals surface area contributed by atoms with Crippen molar-refractivity contribution >= 4 is 15.9 Å². The Morgan fingerprint density at radius 1 is 1.53 bits per heavy atom. The number of imidazole rings is 1. The van der Waals surface area contributed by atoms with Crippen molar-refractivity contribution in [3.05, 3.63) is 12.0 Å². The Balaban J connectivity index is 2.32. The predicted octanol–water partition coefficient (Wildman–Crippen LogP) is -0.0406. The summed E-state index contributed by atoms with van der Waals surface area (Å²) in [4.78, 5) is 20.1. The number of H-pyrrole nitrogens is 1. The van der Waals surface area contributed by atoms with Gasteiger partial charge in [-0.05, 0) is 19.8 Å². The van der Waals surface area contributed by atoms with Gasteiger partial charge in [0.2, 0.25) is 5.91 Å². The largest absolute Gasteiger partial charge is 0.347 e. The third kappa shape index (κ3) is 2.50. The summed E-state index contributed by atoms with van der Waals surface area (Å²) in [6.45, 7) is 2.05. The van der Waals surface area contributed by atoms with Crippen molar-refractivity contribution in [1.29, 1.82) is 0 Å². The van der Waals surface area contributed by atoms with Crippen molar-refractivity contribution in [3.8, 4) is 0 Å². The van der Waals surface area contributed by atoms with Gasteiger partial charge in [-0.25, -0.2) is 13.4 Å². The molecule has 8 heteroatoms. The zero-order valence-corrected chi connectivity index (χ0v) is 12.1. The monoisotopic (exact) mass is 286 g/mol. The lowest BCUT2D eigenvalue weighted by atomic mass is 10.2. The van der Waals surface area contributed by atoms with E-state index in [-0.39, 0.29) is 10.9 Å². The Morgan fingerprint density at radius 3 is 2.74 bits per heavy atom. The number of rotatable bonds is 3. The minimum absolute atomic E-state index is 0.0449. The number of carbonyl (C=O) groups is 1. The van der Waals surface area contributed by atoms with Crippen LogP contribution < -0.4 is 0 Å². The molecule has 1 atom stereocenters. The fourth-order valence-electron chi connectivity index (χ4n) is 2.23. The Morgan fingerprint density at radius 2 is 2.21 bits per heavy atom. The molecule has 1 amide bonds. The van der Waals surface area contributed by atoms with Gasteiger partial charge in [0.15, 0.2) is 5.03 Å². The van der Waals surface area contributed by atoms with Gasteiger partial charge in [0, 0.05) is 20.6 Å². The average Bonchev–Trinajstić information content (AvgIpc) is 2.96. The average molecular weight is 286 g/mol.